The van der Waals surface area contributed by atoms with Gasteiger partial charge in [-0.25, -0.2) is 0 Å². The summed E-state index contributed by atoms with van der Waals surface area (Å²) in [5.41, 5.74) is 2.28. The highest BCUT2D eigenvalue weighted by atomic mass is 35.5. The highest BCUT2D eigenvalue weighted by Crippen LogP contribution is 2.30. The second-order valence-electron chi connectivity index (χ2n) is 5.75. The Balaban J connectivity index is 1.80. The summed E-state index contributed by atoms with van der Waals surface area (Å²) in [7, 11) is 1.56. The van der Waals surface area contributed by atoms with E-state index in [0.29, 0.717) is 5.75 Å². The molecule has 1 aliphatic heterocycles. The Kier molecular flexibility index (Phi) is 5.06. The number of aromatic hydroxyl groups is 1. The number of benzene rings is 2. The van der Waals surface area contributed by atoms with Gasteiger partial charge in [0.2, 0.25) is 0 Å². The zero-order chi connectivity index (χ0) is 16.2. The Morgan fingerprint density at radius 3 is 2.91 bits per heavy atom. The lowest BCUT2D eigenvalue weighted by Crippen LogP contribution is -2.45. The van der Waals surface area contributed by atoms with E-state index in [1.54, 1.807) is 19.2 Å². The second-order valence-corrected chi connectivity index (χ2v) is 6.19. The number of phenols is 1. The van der Waals surface area contributed by atoms with E-state index in [0.717, 1.165) is 36.8 Å². The van der Waals surface area contributed by atoms with Gasteiger partial charge in [0.05, 0.1) is 7.11 Å². The van der Waals surface area contributed by atoms with E-state index in [-0.39, 0.29) is 11.8 Å². The van der Waals surface area contributed by atoms with Crippen LogP contribution in [0.25, 0.3) is 0 Å². The summed E-state index contributed by atoms with van der Waals surface area (Å²) in [6, 6.07) is 13.9. The molecular weight excluding hydrogens is 312 g/mol. The zero-order valence-electron chi connectivity index (χ0n) is 13.1. The van der Waals surface area contributed by atoms with Gasteiger partial charge in [0.25, 0.3) is 0 Å². The van der Waals surface area contributed by atoms with Crippen molar-refractivity contribution in [1.82, 2.24) is 10.2 Å². The molecule has 23 heavy (non-hydrogen) atoms. The number of ether oxygens (including phenoxy) is 1. The zero-order valence-corrected chi connectivity index (χ0v) is 13.9. The van der Waals surface area contributed by atoms with E-state index in [1.165, 1.54) is 5.56 Å². The van der Waals surface area contributed by atoms with Gasteiger partial charge >= 0.3 is 0 Å². The maximum Gasteiger partial charge on any atom is 0.160 e. The molecule has 0 bridgehead atoms. The molecule has 0 spiro atoms. The second kappa shape index (κ2) is 7.21. The smallest absolute Gasteiger partial charge is 0.160 e. The van der Waals surface area contributed by atoms with Crippen LogP contribution in [-0.2, 0) is 6.54 Å². The van der Waals surface area contributed by atoms with Gasteiger partial charge in [0.1, 0.15) is 0 Å². The number of rotatable bonds is 4. The van der Waals surface area contributed by atoms with Gasteiger partial charge in [0, 0.05) is 37.2 Å². The normalized spacial score (nSPS) is 18.8. The minimum atomic E-state index is 0.180. The molecule has 1 aliphatic rings. The lowest BCUT2D eigenvalue weighted by molar-refractivity contribution is 0.153. The van der Waals surface area contributed by atoms with Crippen LogP contribution in [0.5, 0.6) is 11.5 Å². The van der Waals surface area contributed by atoms with Crippen LogP contribution in [0.15, 0.2) is 42.5 Å². The number of methoxy groups -OCH3 is 1. The number of nitrogens with zero attached hydrogens (tertiary/aromatic N) is 1. The molecule has 1 fully saturated rings. The molecule has 0 amide bonds. The van der Waals surface area contributed by atoms with Crippen LogP contribution in [0.1, 0.15) is 17.2 Å². The highest BCUT2D eigenvalue weighted by Gasteiger charge is 2.24. The molecule has 1 atom stereocenters. The van der Waals surface area contributed by atoms with Crippen LogP contribution >= 0.6 is 11.6 Å². The number of nitrogens with one attached hydrogen (secondary N) is 1. The molecule has 3 rings (SSSR count). The minimum Gasteiger partial charge on any atom is -0.504 e. The summed E-state index contributed by atoms with van der Waals surface area (Å²) in [5, 5.41) is 14.2. The lowest BCUT2D eigenvalue weighted by atomic mass is 10.0. The van der Waals surface area contributed by atoms with E-state index in [2.05, 4.69) is 16.3 Å². The molecule has 0 aromatic heterocycles. The Hall–Kier alpha value is -1.75. The SMILES string of the molecule is COc1ccc(CN2CCNCC2c2cccc(Cl)c2)cc1O. The third-order valence-electron chi connectivity index (χ3n) is 4.22. The highest BCUT2D eigenvalue weighted by molar-refractivity contribution is 6.30. The molecule has 4 nitrogen and oxygen atoms in total. The molecule has 1 saturated heterocycles. The van der Waals surface area contributed by atoms with Gasteiger partial charge < -0.3 is 15.2 Å². The van der Waals surface area contributed by atoms with E-state index < -0.39 is 0 Å². The van der Waals surface area contributed by atoms with Crippen molar-refractivity contribution in [2.24, 2.45) is 0 Å². The van der Waals surface area contributed by atoms with Gasteiger partial charge in [-0.2, -0.15) is 0 Å². The fourth-order valence-corrected chi connectivity index (χ4v) is 3.25. The van der Waals surface area contributed by atoms with Crippen molar-refractivity contribution in [3.05, 3.63) is 58.6 Å². The molecule has 0 aliphatic carbocycles. The summed E-state index contributed by atoms with van der Waals surface area (Å²) < 4.78 is 5.11. The molecular formula is C18H21ClN2O2. The average Bonchev–Trinajstić information content (AvgIpc) is 2.55. The van der Waals surface area contributed by atoms with E-state index in [9.17, 15) is 5.11 Å². The predicted molar refractivity (Wildman–Crippen MR) is 92.1 cm³/mol. The van der Waals surface area contributed by atoms with Gasteiger partial charge in [-0.05, 0) is 35.4 Å². The van der Waals surface area contributed by atoms with Gasteiger partial charge in [0.15, 0.2) is 11.5 Å². The first-order chi connectivity index (χ1) is 11.2. The molecule has 1 unspecified atom stereocenters. The topological polar surface area (TPSA) is 44.7 Å². The fourth-order valence-electron chi connectivity index (χ4n) is 3.05. The quantitative estimate of drug-likeness (QED) is 0.902. The first-order valence-electron chi connectivity index (χ1n) is 7.73. The van der Waals surface area contributed by atoms with Crippen molar-refractivity contribution in [2.75, 3.05) is 26.7 Å². The van der Waals surface area contributed by atoms with Crippen LogP contribution in [0.2, 0.25) is 5.02 Å². The van der Waals surface area contributed by atoms with E-state index in [4.69, 9.17) is 16.3 Å². The number of phenolic OH excluding ortho intramolecular Hbond substituents is 1. The molecule has 2 aromatic rings. The standard InChI is InChI=1S/C18H21ClN2O2/c1-23-18-6-5-13(9-17(18)22)12-21-8-7-20-11-16(21)14-3-2-4-15(19)10-14/h2-6,9-10,16,20,22H,7-8,11-12H2,1H3. The number of hydrogen-bond donors (Lipinski definition) is 2. The maximum absolute atomic E-state index is 9.97. The van der Waals surface area contributed by atoms with Crippen LogP contribution in [0.3, 0.4) is 0 Å². The van der Waals surface area contributed by atoms with Crippen molar-refractivity contribution >= 4 is 11.6 Å². The lowest BCUT2D eigenvalue weighted by Gasteiger charge is -2.36. The van der Waals surface area contributed by atoms with Crippen LogP contribution in [0, 0.1) is 0 Å². The number of piperazine rings is 1. The molecule has 122 valence electrons. The minimum absolute atomic E-state index is 0.180. The Labute approximate surface area is 141 Å². The van der Waals surface area contributed by atoms with Crippen LogP contribution in [0.4, 0.5) is 0 Å². The van der Waals surface area contributed by atoms with E-state index in [1.807, 2.05) is 24.3 Å². The van der Waals surface area contributed by atoms with Gasteiger partial charge in [-0.3, -0.25) is 4.90 Å². The summed E-state index contributed by atoms with van der Waals surface area (Å²) >= 11 is 6.14. The van der Waals surface area contributed by atoms with Gasteiger partial charge in [-0.1, -0.05) is 29.8 Å². The monoisotopic (exact) mass is 332 g/mol. The largest absolute Gasteiger partial charge is 0.504 e. The Bertz CT molecular complexity index is 678. The van der Waals surface area contributed by atoms with Crippen molar-refractivity contribution in [3.8, 4) is 11.5 Å². The Morgan fingerprint density at radius 1 is 1.30 bits per heavy atom. The van der Waals surface area contributed by atoms with Crippen LogP contribution in [-0.4, -0.2) is 36.8 Å². The summed E-state index contributed by atoms with van der Waals surface area (Å²) in [6.45, 7) is 3.57. The first kappa shape index (κ1) is 16.1. The number of hydrogen-bond acceptors (Lipinski definition) is 4. The first-order valence-corrected chi connectivity index (χ1v) is 8.11. The van der Waals surface area contributed by atoms with E-state index >= 15 is 0 Å². The third kappa shape index (κ3) is 3.78. The van der Waals surface area contributed by atoms with Crippen molar-refractivity contribution in [3.63, 3.8) is 0 Å². The van der Waals surface area contributed by atoms with Crippen molar-refractivity contribution in [1.29, 1.82) is 0 Å². The molecule has 2 N–H and O–H groups in total. The van der Waals surface area contributed by atoms with Gasteiger partial charge in [-0.15, -0.1) is 0 Å². The molecule has 5 heteroatoms. The molecule has 1 heterocycles. The van der Waals surface area contributed by atoms with Crippen molar-refractivity contribution in [2.45, 2.75) is 12.6 Å². The van der Waals surface area contributed by atoms with Crippen LogP contribution < -0.4 is 10.1 Å². The Morgan fingerprint density at radius 2 is 2.17 bits per heavy atom. The summed E-state index contributed by atoms with van der Waals surface area (Å²) in [6.07, 6.45) is 0. The molecule has 2 aromatic carbocycles. The maximum atomic E-state index is 9.97. The predicted octanol–water partition coefficient (Wildman–Crippen LogP) is 3.20. The molecule has 0 saturated carbocycles. The number of halogens is 1. The average molecular weight is 333 g/mol. The molecule has 0 radical (unpaired) electrons. The summed E-state index contributed by atoms with van der Waals surface area (Å²) in [5.74, 6) is 0.680. The van der Waals surface area contributed by atoms with Crippen molar-refractivity contribution < 1.29 is 9.84 Å². The summed E-state index contributed by atoms with van der Waals surface area (Å²) in [4.78, 5) is 2.41. The third-order valence-corrected chi connectivity index (χ3v) is 4.45. The fraction of sp³-hybridized carbons (Fsp3) is 0.333.